The number of aryl methyl sites for hydroxylation is 1. The first kappa shape index (κ1) is 10.3. The van der Waals surface area contributed by atoms with Crippen molar-refractivity contribution in [3.63, 3.8) is 0 Å². The minimum absolute atomic E-state index is 0.166. The van der Waals surface area contributed by atoms with Gasteiger partial charge in [0.2, 0.25) is 0 Å². The van der Waals surface area contributed by atoms with Gasteiger partial charge in [-0.25, -0.2) is 0 Å². The molecule has 0 spiro atoms. The number of pyridine rings is 1. The molecule has 0 aromatic carbocycles. The minimum Gasteiger partial charge on any atom is -0.293 e. The quantitative estimate of drug-likeness (QED) is 0.691. The zero-order valence-electron chi connectivity index (χ0n) is 7.91. The van der Waals surface area contributed by atoms with Crippen LogP contribution in [0.3, 0.4) is 0 Å². The Kier molecular flexibility index (Phi) is 3.96. The van der Waals surface area contributed by atoms with Gasteiger partial charge in [-0.2, -0.15) is 11.8 Å². The molecule has 0 saturated heterocycles. The Balaban J connectivity index is 2.61. The van der Waals surface area contributed by atoms with E-state index in [-0.39, 0.29) is 5.78 Å². The van der Waals surface area contributed by atoms with Crippen molar-refractivity contribution in [2.75, 3.05) is 11.5 Å². The van der Waals surface area contributed by atoms with E-state index in [9.17, 15) is 4.79 Å². The topological polar surface area (TPSA) is 30.0 Å². The average Bonchev–Trinajstić information content (AvgIpc) is 2.15. The molecule has 0 atom stereocenters. The molecule has 0 aliphatic carbocycles. The van der Waals surface area contributed by atoms with Crippen molar-refractivity contribution < 1.29 is 4.79 Å². The highest BCUT2D eigenvalue weighted by Gasteiger charge is 2.04. The molecule has 0 saturated carbocycles. The Morgan fingerprint density at radius 2 is 2.31 bits per heavy atom. The van der Waals surface area contributed by atoms with Crippen LogP contribution >= 0.6 is 11.8 Å². The third-order valence-electron chi connectivity index (χ3n) is 1.67. The van der Waals surface area contributed by atoms with E-state index in [0.29, 0.717) is 11.3 Å². The summed E-state index contributed by atoms with van der Waals surface area (Å²) in [5, 5.41) is 0. The lowest BCUT2D eigenvalue weighted by atomic mass is 10.2. The first-order chi connectivity index (χ1) is 6.24. The van der Waals surface area contributed by atoms with Crippen LogP contribution in [-0.2, 0) is 0 Å². The highest BCUT2D eigenvalue weighted by atomic mass is 32.2. The molecule has 13 heavy (non-hydrogen) atoms. The van der Waals surface area contributed by atoms with Crippen LogP contribution in [-0.4, -0.2) is 22.3 Å². The molecule has 0 bridgehead atoms. The maximum atomic E-state index is 11.5. The fourth-order valence-electron chi connectivity index (χ4n) is 0.911. The summed E-state index contributed by atoms with van der Waals surface area (Å²) in [6.45, 7) is 3.96. The van der Waals surface area contributed by atoms with E-state index in [1.807, 2.05) is 26.0 Å². The van der Waals surface area contributed by atoms with Gasteiger partial charge >= 0.3 is 0 Å². The number of ketones is 1. The molecular formula is C10H13NOS. The van der Waals surface area contributed by atoms with E-state index in [4.69, 9.17) is 0 Å². The van der Waals surface area contributed by atoms with Crippen LogP contribution in [0.4, 0.5) is 0 Å². The number of carbonyl (C=O) groups excluding carboxylic acids is 1. The molecule has 0 aliphatic heterocycles. The highest BCUT2D eigenvalue weighted by Crippen LogP contribution is 2.06. The number of thioether (sulfide) groups is 1. The van der Waals surface area contributed by atoms with Crippen LogP contribution in [0, 0.1) is 6.92 Å². The number of aromatic nitrogens is 1. The van der Waals surface area contributed by atoms with Crippen molar-refractivity contribution in [1.29, 1.82) is 0 Å². The average molecular weight is 195 g/mol. The summed E-state index contributed by atoms with van der Waals surface area (Å²) in [5.41, 5.74) is 1.66. The Bertz CT molecular complexity index is 281. The lowest BCUT2D eigenvalue weighted by Gasteiger charge is -1.99. The number of hydrogen-bond acceptors (Lipinski definition) is 3. The van der Waals surface area contributed by atoms with E-state index >= 15 is 0 Å². The van der Waals surface area contributed by atoms with Gasteiger partial charge in [0.25, 0.3) is 0 Å². The second kappa shape index (κ2) is 5.02. The molecule has 0 radical (unpaired) electrons. The molecule has 0 N–H and O–H groups in total. The molecule has 0 unspecified atom stereocenters. The molecule has 0 amide bonds. The highest BCUT2D eigenvalue weighted by molar-refractivity contribution is 7.99. The number of rotatable bonds is 4. The van der Waals surface area contributed by atoms with Gasteiger partial charge in [0.1, 0.15) is 0 Å². The molecular weight excluding hydrogens is 182 g/mol. The summed E-state index contributed by atoms with van der Waals surface area (Å²) < 4.78 is 0. The molecule has 70 valence electrons. The number of carbonyl (C=O) groups is 1. The van der Waals surface area contributed by atoms with Gasteiger partial charge in [-0.05, 0) is 24.8 Å². The van der Waals surface area contributed by atoms with E-state index in [1.165, 1.54) is 0 Å². The largest absolute Gasteiger partial charge is 0.293 e. The van der Waals surface area contributed by atoms with Crippen LogP contribution < -0.4 is 0 Å². The van der Waals surface area contributed by atoms with Crippen molar-refractivity contribution in [3.05, 3.63) is 29.6 Å². The fraction of sp³-hybridized carbons (Fsp3) is 0.400. The second-order valence-corrected chi connectivity index (χ2v) is 4.02. The zero-order valence-corrected chi connectivity index (χ0v) is 8.73. The van der Waals surface area contributed by atoms with E-state index in [2.05, 4.69) is 4.98 Å². The Morgan fingerprint density at radius 3 is 2.85 bits per heavy atom. The first-order valence-corrected chi connectivity index (χ1v) is 5.43. The Labute approximate surface area is 82.8 Å². The van der Waals surface area contributed by atoms with Crippen LogP contribution in [0.25, 0.3) is 0 Å². The van der Waals surface area contributed by atoms with Gasteiger partial charge in [0.15, 0.2) is 5.78 Å². The van der Waals surface area contributed by atoms with Crippen LogP contribution in [0.15, 0.2) is 18.3 Å². The minimum atomic E-state index is 0.166. The fourth-order valence-corrected chi connectivity index (χ4v) is 1.47. The van der Waals surface area contributed by atoms with Crippen LogP contribution in [0.2, 0.25) is 0 Å². The number of nitrogens with zero attached hydrogens (tertiary/aromatic N) is 1. The molecule has 0 fully saturated rings. The van der Waals surface area contributed by atoms with Crippen molar-refractivity contribution in [3.8, 4) is 0 Å². The van der Waals surface area contributed by atoms with Gasteiger partial charge in [-0.3, -0.25) is 9.78 Å². The lowest BCUT2D eigenvalue weighted by molar-refractivity contribution is 0.102. The maximum Gasteiger partial charge on any atom is 0.174 e. The predicted octanol–water partition coefficient (Wildman–Crippen LogP) is 2.33. The molecule has 1 heterocycles. The van der Waals surface area contributed by atoms with Crippen molar-refractivity contribution in [1.82, 2.24) is 4.98 Å². The van der Waals surface area contributed by atoms with Gasteiger partial charge in [-0.1, -0.05) is 6.92 Å². The predicted molar refractivity (Wildman–Crippen MR) is 56.3 cm³/mol. The SMILES string of the molecule is CCSCC(=O)c1ccc(C)nc1. The normalized spacial score (nSPS) is 10.0. The Hall–Kier alpha value is -0.830. The summed E-state index contributed by atoms with van der Waals surface area (Å²) >= 11 is 1.64. The summed E-state index contributed by atoms with van der Waals surface area (Å²) in [4.78, 5) is 15.5. The Morgan fingerprint density at radius 1 is 1.54 bits per heavy atom. The van der Waals surface area contributed by atoms with Gasteiger partial charge in [-0.15, -0.1) is 0 Å². The molecule has 1 rings (SSSR count). The summed E-state index contributed by atoms with van der Waals surface area (Å²) in [6, 6.07) is 3.70. The van der Waals surface area contributed by atoms with E-state index in [1.54, 1.807) is 18.0 Å². The lowest BCUT2D eigenvalue weighted by Crippen LogP contribution is -2.03. The summed E-state index contributed by atoms with van der Waals surface area (Å²) in [5.74, 6) is 1.70. The van der Waals surface area contributed by atoms with Gasteiger partial charge in [0.05, 0.1) is 5.75 Å². The summed E-state index contributed by atoms with van der Waals surface area (Å²) in [7, 11) is 0. The molecule has 3 heteroatoms. The molecule has 1 aromatic rings. The third-order valence-corrected chi connectivity index (χ3v) is 2.55. The number of hydrogen-bond donors (Lipinski definition) is 0. The van der Waals surface area contributed by atoms with Gasteiger partial charge in [0, 0.05) is 17.5 Å². The molecule has 2 nitrogen and oxygen atoms in total. The molecule has 0 aliphatic rings. The monoisotopic (exact) mass is 195 g/mol. The van der Waals surface area contributed by atoms with Gasteiger partial charge < -0.3 is 0 Å². The van der Waals surface area contributed by atoms with Crippen LogP contribution in [0.1, 0.15) is 23.0 Å². The van der Waals surface area contributed by atoms with Crippen molar-refractivity contribution in [2.24, 2.45) is 0 Å². The van der Waals surface area contributed by atoms with Crippen molar-refractivity contribution >= 4 is 17.5 Å². The first-order valence-electron chi connectivity index (χ1n) is 4.27. The number of Topliss-reactive ketones (excluding diaryl/α,β-unsaturated/α-hetero) is 1. The zero-order chi connectivity index (χ0) is 9.68. The van der Waals surface area contributed by atoms with Crippen LogP contribution in [0.5, 0.6) is 0 Å². The standard InChI is InChI=1S/C10H13NOS/c1-3-13-7-10(12)9-5-4-8(2)11-6-9/h4-6H,3,7H2,1-2H3. The third kappa shape index (κ3) is 3.19. The summed E-state index contributed by atoms with van der Waals surface area (Å²) in [6.07, 6.45) is 1.65. The van der Waals surface area contributed by atoms with E-state index < -0.39 is 0 Å². The second-order valence-electron chi connectivity index (χ2n) is 2.75. The van der Waals surface area contributed by atoms with Crippen molar-refractivity contribution in [2.45, 2.75) is 13.8 Å². The smallest absolute Gasteiger partial charge is 0.174 e. The molecule has 1 aromatic heterocycles. The maximum absolute atomic E-state index is 11.5. The van der Waals surface area contributed by atoms with E-state index in [0.717, 1.165) is 11.4 Å².